The number of rotatable bonds is 5. The van der Waals surface area contributed by atoms with E-state index in [1.807, 2.05) is 25.1 Å². The molecule has 1 heterocycles. The molecule has 5 heteroatoms. The number of para-hydroxylation sites is 1. The first-order valence-corrected chi connectivity index (χ1v) is 9.99. The zero-order chi connectivity index (χ0) is 19.5. The molecule has 144 valence electrons. The lowest BCUT2D eigenvalue weighted by molar-refractivity contribution is -0.121. The van der Waals surface area contributed by atoms with Gasteiger partial charge in [0.05, 0.1) is 16.9 Å². The lowest BCUT2D eigenvalue weighted by Crippen LogP contribution is -2.27. The third-order valence-corrected chi connectivity index (χ3v) is 5.50. The van der Waals surface area contributed by atoms with Crippen LogP contribution < -0.4 is 10.9 Å². The molecule has 0 saturated heterocycles. The van der Waals surface area contributed by atoms with Crippen LogP contribution in [0.3, 0.4) is 0 Å². The van der Waals surface area contributed by atoms with Crippen molar-refractivity contribution < 1.29 is 4.79 Å². The summed E-state index contributed by atoms with van der Waals surface area (Å²) in [6.07, 6.45) is 5.50. The molecule has 0 fully saturated rings. The van der Waals surface area contributed by atoms with E-state index in [0.29, 0.717) is 23.1 Å². The molecule has 5 nitrogen and oxygen atoms in total. The van der Waals surface area contributed by atoms with Gasteiger partial charge in [-0.15, -0.1) is 0 Å². The van der Waals surface area contributed by atoms with Crippen molar-refractivity contribution in [3.63, 3.8) is 0 Å². The highest BCUT2D eigenvalue weighted by atomic mass is 16.1. The van der Waals surface area contributed by atoms with Crippen molar-refractivity contribution in [1.82, 2.24) is 15.3 Å². The Hall–Kier alpha value is -2.95. The number of benzene rings is 2. The molecular formula is C23H25N3O2. The van der Waals surface area contributed by atoms with Gasteiger partial charge in [0, 0.05) is 12.8 Å². The van der Waals surface area contributed by atoms with Crippen LogP contribution in [-0.4, -0.2) is 15.9 Å². The van der Waals surface area contributed by atoms with Crippen LogP contribution in [0.5, 0.6) is 0 Å². The van der Waals surface area contributed by atoms with Gasteiger partial charge in [-0.25, -0.2) is 4.98 Å². The number of carbonyl (C=O) groups excluding carboxylic acids is 1. The minimum atomic E-state index is -0.163. The second-order valence-electron chi connectivity index (χ2n) is 7.55. The highest BCUT2D eigenvalue weighted by Crippen LogP contribution is 2.24. The Bertz CT molecular complexity index is 1070. The number of aromatic amines is 1. The van der Waals surface area contributed by atoms with Crippen LogP contribution in [0, 0.1) is 0 Å². The maximum Gasteiger partial charge on any atom is 0.258 e. The van der Waals surface area contributed by atoms with Gasteiger partial charge in [0.25, 0.3) is 5.56 Å². The Morgan fingerprint density at radius 1 is 1.14 bits per heavy atom. The Balaban J connectivity index is 1.38. The predicted molar refractivity (Wildman–Crippen MR) is 110 cm³/mol. The zero-order valence-corrected chi connectivity index (χ0v) is 16.1. The number of fused-ring (bicyclic) bond motifs is 2. The number of aryl methyl sites for hydroxylation is 3. The summed E-state index contributed by atoms with van der Waals surface area (Å²) in [6, 6.07) is 13.8. The highest BCUT2D eigenvalue weighted by molar-refractivity contribution is 5.78. The summed E-state index contributed by atoms with van der Waals surface area (Å²) in [4.78, 5) is 31.8. The first-order chi connectivity index (χ1) is 13.6. The molecule has 2 N–H and O–H groups in total. The van der Waals surface area contributed by atoms with Crippen molar-refractivity contribution in [2.45, 2.75) is 51.5 Å². The normalized spacial score (nSPS) is 14.5. The van der Waals surface area contributed by atoms with E-state index < -0.39 is 0 Å². The van der Waals surface area contributed by atoms with Gasteiger partial charge in [-0.3, -0.25) is 9.59 Å². The maximum absolute atomic E-state index is 12.4. The maximum atomic E-state index is 12.4. The van der Waals surface area contributed by atoms with Gasteiger partial charge in [0.15, 0.2) is 0 Å². The number of amides is 1. The van der Waals surface area contributed by atoms with Gasteiger partial charge >= 0.3 is 0 Å². The Labute approximate surface area is 164 Å². The number of carbonyl (C=O) groups is 1. The van der Waals surface area contributed by atoms with Crippen molar-refractivity contribution in [3.8, 4) is 0 Å². The van der Waals surface area contributed by atoms with Crippen molar-refractivity contribution in [2.75, 3.05) is 0 Å². The lowest BCUT2D eigenvalue weighted by atomic mass is 9.89. The van der Waals surface area contributed by atoms with Crippen LogP contribution in [0.4, 0.5) is 0 Å². The van der Waals surface area contributed by atoms with Gasteiger partial charge in [0.1, 0.15) is 5.82 Å². The largest absolute Gasteiger partial charge is 0.350 e. The smallest absolute Gasteiger partial charge is 0.258 e. The number of nitrogens with one attached hydrogen (secondary N) is 2. The minimum Gasteiger partial charge on any atom is -0.350 e. The number of hydrogen-bond acceptors (Lipinski definition) is 3. The monoisotopic (exact) mass is 375 g/mol. The molecule has 1 atom stereocenters. The minimum absolute atomic E-state index is 0.0386. The fraction of sp³-hybridized carbons (Fsp3) is 0.348. The molecule has 28 heavy (non-hydrogen) atoms. The van der Waals surface area contributed by atoms with Crippen LogP contribution in [0.2, 0.25) is 0 Å². The summed E-state index contributed by atoms with van der Waals surface area (Å²) in [5.41, 5.74) is 4.50. The van der Waals surface area contributed by atoms with Gasteiger partial charge in [-0.2, -0.15) is 0 Å². The summed E-state index contributed by atoms with van der Waals surface area (Å²) in [5.74, 6) is 0.501. The molecule has 1 unspecified atom stereocenters. The van der Waals surface area contributed by atoms with Crippen LogP contribution in [-0.2, 0) is 24.1 Å². The Morgan fingerprint density at radius 2 is 1.93 bits per heavy atom. The average Bonchev–Trinajstić information content (AvgIpc) is 2.72. The van der Waals surface area contributed by atoms with Crippen LogP contribution in [0.1, 0.15) is 54.7 Å². The van der Waals surface area contributed by atoms with E-state index in [2.05, 4.69) is 33.5 Å². The van der Waals surface area contributed by atoms with E-state index in [1.54, 1.807) is 6.07 Å². The number of aromatic nitrogens is 2. The van der Waals surface area contributed by atoms with Gasteiger partial charge in [-0.1, -0.05) is 30.3 Å². The molecule has 0 spiro atoms. The topological polar surface area (TPSA) is 74.8 Å². The van der Waals surface area contributed by atoms with Gasteiger partial charge < -0.3 is 10.3 Å². The van der Waals surface area contributed by atoms with E-state index in [9.17, 15) is 9.59 Å². The third kappa shape index (κ3) is 3.98. The van der Waals surface area contributed by atoms with Crippen molar-refractivity contribution in [1.29, 1.82) is 0 Å². The molecule has 0 bridgehead atoms. The Morgan fingerprint density at radius 3 is 2.79 bits per heavy atom. The molecule has 1 aromatic heterocycles. The number of H-pyrrole nitrogens is 1. The van der Waals surface area contributed by atoms with Crippen molar-refractivity contribution in [2.24, 2.45) is 0 Å². The van der Waals surface area contributed by atoms with E-state index in [0.717, 1.165) is 18.4 Å². The summed E-state index contributed by atoms with van der Waals surface area (Å²) in [5, 5.41) is 3.63. The fourth-order valence-electron chi connectivity index (χ4n) is 3.90. The quantitative estimate of drug-likeness (QED) is 0.715. The van der Waals surface area contributed by atoms with Gasteiger partial charge in [0.2, 0.25) is 5.91 Å². The standard InChI is InChI=1S/C23H25N3O2/c1-15(17-11-10-16-6-2-3-7-18(16)14-17)24-22(27)13-12-21-25-20-9-5-4-8-19(20)23(28)26-21/h4-5,8-11,14-15H,2-3,6-7,12-13H2,1H3,(H,24,27)(H,25,26,28). The van der Waals surface area contributed by atoms with E-state index >= 15 is 0 Å². The van der Waals surface area contributed by atoms with E-state index in [1.165, 1.54) is 24.0 Å². The second kappa shape index (κ2) is 7.97. The first kappa shape index (κ1) is 18.4. The van der Waals surface area contributed by atoms with E-state index in [4.69, 9.17) is 0 Å². The molecule has 0 aliphatic heterocycles. The summed E-state index contributed by atoms with van der Waals surface area (Å²) >= 11 is 0. The molecule has 1 aliphatic carbocycles. The second-order valence-corrected chi connectivity index (χ2v) is 7.55. The number of nitrogens with zero attached hydrogens (tertiary/aromatic N) is 1. The van der Waals surface area contributed by atoms with Gasteiger partial charge in [-0.05, 0) is 61.4 Å². The van der Waals surface area contributed by atoms with Crippen molar-refractivity contribution >= 4 is 16.8 Å². The molecule has 1 amide bonds. The lowest BCUT2D eigenvalue weighted by Gasteiger charge is -2.20. The highest BCUT2D eigenvalue weighted by Gasteiger charge is 2.14. The summed E-state index contributed by atoms with van der Waals surface area (Å²) in [6.45, 7) is 2.01. The van der Waals surface area contributed by atoms with Crippen LogP contribution >= 0.6 is 0 Å². The SMILES string of the molecule is CC(NC(=O)CCc1nc2ccccc2c(=O)[nH]1)c1ccc2c(c1)CCCC2. The fourth-order valence-corrected chi connectivity index (χ4v) is 3.90. The molecule has 4 rings (SSSR count). The Kier molecular flexibility index (Phi) is 5.24. The predicted octanol–water partition coefficient (Wildman–Crippen LogP) is 3.61. The van der Waals surface area contributed by atoms with Crippen LogP contribution in [0.15, 0.2) is 47.3 Å². The zero-order valence-electron chi connectivity index (χ0n) is 16.1. The van der Waals surface area contributed by atoms with Crippen LogP contribution in [0.25, 0.3) is 10.9 Å². The average molecular weight is 375 g/mol. The third-order valence-electron chi connectivity index (χ3n) is 5.50. The van der Waals surface area contributed by atoms with Crippen molar-refractivity contribution in [3.05, 3.63) is 75.3 Å². The molecule has 0 saturated carbocycles. The summed E-state index contributed by atoms with van der Waals surface area (Å²) < 4.78 is 0. The molecular weight excluding hydrogens is 350 g/mol. The molecule has 3 aromatic rings. The number of hydrogen-bond donors (Lipinski definition) is 2. The molecule has 2 aromatic carbocycles. The van der Waals surface area contributed by atoms with E-state index in [-0.39, 0.29) is 23.9 Å². The molecule has 1 aliphatic rings. The molecule has 0 radical (unpaired) electrons. The first-order valence-electron chi connectivity index (χ1n) is 9.99. The summed E-state index contributed by atoms with van der Waals surface area (Å²) in [7, 11) is 0.